The lowest BCUT2D eigenvalue weighted by molar-refractivity contribution is 0.259. The van der Waals surface area contributed by atoms with E-state index < -0.39 is 0 Å². The molecule has 0 amide bonds. The van der Waals surface area contributed by atoms with E-state index in [1.165, 1.54) is 5.69 Å². The smallest absolute Gasteiger partial charge is 0.0898 e. The lowest BCUT2D eigenvalue weighted by Crippen LogP contribution is -2.29. The van der Waals surface area contributed by atoms with Crippen LogP contribution < -0.4 is 5.32 Å². The molecule has 1 N–H and O–H groups in total. The van der Waals surface area contributed by atoms with E-state index in [-0.39, 0.29) is 0 Å². The molecular weight excluding hydrogens is 194 g/mol. The molecule has 0 saturated carbocycles. The Hall–Kier alpha value is -0.450. The molecule has 0 bridgehead atoms. The molecule has 0 aliphatic heterocycles. The fourth-order valence-corrected chi connectivity index (χ4v) is 1.98. The van der Waals surface area contributed by atoms with Crippen molar-refractivity contribution in [1.82, 2.24) is 15.2 Å². The Morgan fingerprint density at radius 3 is 2.86 bits per heavy atom. The first-order valence-electron chi connectivity index (χ1n) is 4.92. The Balaban J connectivity index is 2.51. The average molecular weight is 213 g/mol. The van der Waals surface area contributed by atoms with Gasteiger partial charge in [-0.05, 0) is 27.9 Å². The number of thiazole rings is 1. The Morgan fingerprint density at radius 1 is 1.64 bits per heavy atom. The van der Waals surface area contributed by atoms with Crippen LogP contribution in [-0.2, 0) is 0 Å². The van der Waals surface area contributed by atoms with Crippen molar-refractivity contribution < 1.29 is 0 Å². The van der Waals surface area contributed by atoms with Crippen LogP contribution in [0.4, 0.5) is 0 Å². The first kappa shape index (κ1) is 11.6. The number of hydrogen-bond acceptors (Lipinski definition) is 4. The van der Waals surface area contributed by atoms with E-state index in [4.69, 9.17) is 0 Å². The number of likely N-dealkylation sites (N-methyl/N-ethyl adjacent to an activating group) is 2. The second kappa shape index (κ2) is 5.44. The number of nitrogens with one attached hydrogen (secondary N) is 1. The molecule has 0 aliphatic rings. The van der Waals surface area contributed by atoms with Crippen molar-refractivity contribution in [3.63, 3.8) is 0 Å². The van der Waals surface area contributed by atoms with Gasteiger partial charge in [-0.2, -0.15) is 0 Å². The predicted octanol–water partition coefficient (Wildman–Crippen LogP) is 1.66. The highest BCUT2D eigenvalue weighted by Crippen LogP contribution is 2.19. The summed E-state index contributed by atoms with van der Waals surface area (Å²) in [6.45, 7) is 6.32. The number of hydrogen-bond donors (Lipinski definition) is 1. The first-order valence-corrected chi connectivity index (χ1v) is 5.80. The van der Waals surface area contributed by atoms with Crippen LogP contribution in [0.2, 0.25) is 0 Å². The Kier molecular flexibility index (Phi) is 4.51. The van der Waals surface area contributed by atoms with Crippen LogP contribution in [0.25, 0.3) is 0 Å². The third-order valence-corrected chi connectivity index (χ3v) is 3.23. The second-order valence-electron chi connectivity index (χ2n) is 3.55. The molecule has 0 saturated heterocycles. The van der Waals surface area contributed by atoms with E-state index in [0.717, 1.165) is 18.1 Å². The van der Waals surface area contributed by atoms with Crippen LogP contribution >= 0.6 is 11.3 Å². The fourth-order valence-electron chi connectivity index (χ4n) is 1.28. The molecule has 14 heavy (non-hydrogen) atoms. The molecule has 4 heteroatoms. The minimum Gasteiger partial charge on any atom is -0.318 e. The zero-order chi connectivity index (χ0) is 10.6. The van der Waals surface area contributed by atoms with Gasteiger partial charge in [0.05, 0.1) is 10.7 Å². The Morgan fingerprint density at radius 2 is 2.36 bits per heavy atom. The third-order valence-electron chi connectivity index (χ3n) is 2.44. The van der Waals surface area contributed by atoms with E-state index in [1.807, 2.05) is 7.05 Å². The van der Waals surface area contributed by atoms with Crippen molar-refractivity contribution in [2.24, 2.45) is 0 Å². The van der Waals surface area contributed by atoms with Gasteiger partial charge in [-0.3, -0.25) is 4.90 Å². The summed E-state index contributed by atoms with van der Waals surface area (Å²) in [7, 11) is 4.11. The van der Waals surface area contributed by atoms with E-state index >= 15 is 0 Å². The summed E-state index contributed by atoms with van der Waals surface area (Å²) >= 11 is 1.72. The van der Waals surface area contributed by atoms with Crippen LogP contribution in [0.15, 0.2) is 5.38 Å². The molecule has 80 valence electrons. The number of nitrogens with zero attached hydrogens (tertiary/aromatic N) is 2. The van der Waals surface area contributed by atoms with Crippen molar-refractivity contribution in [2.45, 2.75) is 19.9 Å². The number of aromatic nitrogens is 1. The first-order chi connectivity index (χ1) is 6.65. The van der Waals surface area contributed by atoms with Crippen LogP contribution in [-0.4, -0.2) is 37.1 Å². The minimum absolute atomic E-state index is 0.410. The molecular formula is C10H19N3S. The van der Waals surface area contributed by atoms with Gasteiger partial charge in [-0.25, -0.2) is 4.98 Å². The van der Waals surface area contributed by atoms with Crippen LogP contribution in [0.5, 0.6) is 0 Å². The molecule has 0 aromatic carbocycles. The van der Waals surface area contributed by atoms with Crippen molar-refractivity contribution >= 4 is 11.3 Å². The number of rotatable bonds is 5. The molecule has 1 unspecified atom stereocenters. The van der Waals surface area contributed by atoms with Gasteiger partial charge in [-0.15, -0.1) is 11.3 Å². The Bertz CT molecular complexity index is 272. The van der Waals surface area contributed by atoms with Gasteiger partial charge in [0.15, 0.2) is 0 Å². The van der Waals surface area contributed by atoms with E-state index in [1.54, 1.807) is 11.3 Å². The highest BCUT2D eigenvalue weighted by molar-refractivity contribution is 7.09. The standard InChI is InChI=1S/C10H19N3S/c1-8(13(4)6-5-11-3)10-7-14-9(2)12-10/h7-8,11H,5-6H2,1-4H3. The van der Waals surface area contributed by atoms with E-state index in [0.29, 0.717) is 6.04 Å². The molecule has 0 spiro atoms. The van der Waals surface area contributed by atoms with Gasteiger partial charge in [0, 0.05) is 24.5 Å². The molecule has 1 atom stereocenters. The summed E-state index contributed by atoms with van der Waals surface area (Å²) in [5.41, 5.74) is 1.19. The molecule has 1 aromatic rings. The maximum Gasteiger partial charge on any atom is 0.0898 e. The predicted molar refractivity (Wildman–Crippen MR) is 61.8 cm³/mol. The van der Waals surface area contributed by atoms with Crippen molar-refractivity contribution in [2.75, 3.05) is 27.2 Å². The molecule has 0 radical (unpaired) electrons. The average Bonchev–Trinajstić information content (AvgIpc) is 2.60. The quantitative estimate of drug-likeness (QED) is 0.806. The fraction of sp³-hybridized carbons (Fsp3) is 0.700. The minimum atomic E-state index is 0.410. The molecule has 0 fully saturated rings. The highest BCUT2D eigenvalue weighted by atomic mass is 32.1. The topological polar surface area (TPSA) is 28.2 Å². The molecule has 1 aromatic heterocycles. The molecule has 1 rings (SSSR count). The van der Waals surface area contributed by atoms with Crippen molar-refractivity contribution in [1.29, 1.82) is 0 Å². The van der Waals surface area contributed by atoms with E-state index in [9.17, 15) is 0 Å². The monoisotopic (exact) mass is 213 g/mol. The summed E-state index contributed by atoms with van der Waals surface area (Å²) in [4.78, 5) is 6.81. The second-order valence-corrected chi connectivity index (χ2v) is 4.61. The Labute approximate surface area is 90.2 Å². The SMILES string of the molecule is CNCCN(C)C(C)c1csc(C)n1. The lowest BCUT2D eigenvalue weighted by Gasteiger charge is -2.22. The summed E-state index contributed by atoms with van der Waals surface area (Å²) in [6, 6.07) is 0.410. The maximum atomic E-state index is 4.50. The zero-order valence-electron chi connectivity index (χ0n) is 9.37. The largest absolute Gasteiger partial charge is 0.318 e. The summed E-state index contributed by atoms with van der Waals surface area (Å²) in [5, 5.41) is 6.45. The maximum absolute atomic E-state index is 4.50. The van der Waals surface area contributed by atoms with Gasteiger partial charge in [0.1, 0.15) is 0 Å². The van der Waals surface area contributed by atoms with Gasteiger partial charge < -0.3 is 5.32 Å². The van der Waals surface area contributed by atoms with E-state index in [2.05, 4.69) is 41.5 Å². The third kappa shape index (κ3) is 3.04. The van der Waals surface area contributed by atoms with Gasteiger partial charge in [0.25, 0.3) is 0 Å². The summed E-state index contributed by atoms with van der Waals surface area (Å²) < 4.78 is 0. The van der Waals surface area contributed by atoms with Crippen LogP contribution in [0.3, 0.4) is 0 Å². The normalized spacial score (nSPS) is 13.5. The summed E-state index contributed by atoms with van der Waals surface area (Å²) in [5.74, 6) is 0. The van der Waals surface area contributed by atoms with Crippen LogP contribution in [0.1, 0.15) is 23.7 Å². The zero-order valence-corrected chi connectivity index (χ0v) is 10.2. The van der Waals surface area contributed by atoms with Crippen LogP contribution in [0, 0.1) is 6.92 Å². The molecule has 3 nitrogen and oxygen atoms in total. The number of aryl methyl sites for hydroxylation is 1. The van der Waals surface area contributed by atoms with Gasteiger partial charge >= 0.3 is 0 Å². The van der Waals surface area contributed by atoms with Crippen molar-refractivity contribution in [3.05, 3.63) is 16.1 Å². The van der Waals surface area contributed by atoms with Crippen molar-refractivity contribution in [3.8, 4) is 0 Å². The molecule has 1 heterocycles. The highest BCUT2D eigenvalue weighted by Gasteiger charge is 2.13. The van der Waals surface area contributed by atoms with Gasteiger partial charge in [0.2, 0.25) is 0 Å². The molecule has 0 aliphatic carbocycles. The lowest BCUT2D eigenvalue weighted by atomic mass is 10.2. The van der Waals surface area contributed by atoms with Gasteiger partial charge in [-0.1, -0.05) is 0 Å². The summed E-state index contributed by atoms with van der Waals surface area (Å²) in [6.07, 6.45) is 0.